The molecule has 0 aromatic heterocycles. The van der Waals surface area contributed by atoms with E-state index in [9.17, 15) is 35.1 Å². The van der Waals surface area contributed by atoms with Crippen LogP contribution in [0.15, 0.2) is 24.8 Å². The molecule has 4 fully saturated rings. The summed E-state index contributed by atoms with van der Waals surface area (Å²) in [6.45, 7) is 6.53. The molecule has 0 radical (unpaired) electrons. The van der Waals surface area contributed by atoms with Gasteiger partial charge in [-0.25, -0.2) is 17.6 Å². The highest BCUT2D eigenvalue weighted by Gasteiger charge is 2.31. The van der Waals surface area contributed by atoms with Gasteiger partial charge in [0.2, 0.25) is 0 Å². The lowest BCUT2D eigenvalue weighted by molar-refractivity contribution is -0.0347. The predicted octanol–water partition coefficient (Wildman–Crippen LogP) is 14.5. The van der Waals surface area contributed by atoms with Crippen LogP contribution in [0.1, 0.15) is 136 Å². The summed E-state index contributed by atoms with van der Waals surface area (Å²) in [5.74, 6) is 7.19. The third-order valence-corrected chi connectivity index (χ3v) is 10.5. The summed E-state index contributed by atoms with van der Waals surface area (Å²) >= 11 is 1.62. The van der Waals surface area contributed by atoms with Crippen LogP contribution in [0, 0.1) is 41.4 Å². The molecule has 4 rings (SSSR count). The van der Waals surface area contributed by atoms with Gasteiger partial charge >= 0.3 is 0 Å². The average Bonchev–Trinajstić information content (AvgIpc) is 3.07. The quantitative estimate of drug-likeness (QED) is 0.148. The minimum absolute atomic E-state index is 0.211. The van der Waals surface area contributed by atoms with Crippen LogP contribution in [0.25, 0.3) is 0 Å². The summed E-state index contributed by atoms with van der Waals surface area (Å²) in [5.41, 5.74) is 0. The number of halogens is 9. The predicted molar refractivity (Wildman–Crippen MR) is 178 cm³/mol. The standard InChI is InChI=1S/C15H27FO.C15H28.2C2HF3.CH2FI/c1-2-12-3-5-13(6-4-12)14-7-9-15(10-8-14)17-11-16;1-3-13-6-10-15(11-7-13)14-8-4-12(2)5-9-14;2*3-1-2(4)5;2-1-3/h12-15H,2-11H2,1H3;12-15H,3-11H2,1-2H3;2*1H;1H2. The Morgan fingerprint density at radius 3 is 1.09 bits per heavy atom. The van der Waals surface area contributed by atoms with Crippen molar-refractivity contribution in [3.05, 3.63) is 24.8 Å². The van der Waals surface area contributed by atoms with Crippen LogP contribution in [0.5, 0.6) is 0 Å². The molecule has 0 heterocycles. The van der Waals surface area contributed by atoms with Crippen molar-refractivity contribution in [2.75, 3.05) is 11.5 Å². The Bertz CT molecular complexity index is 699. The summed E-state index contributed by atoms with van der Waals surface area (Å²) in [5, 5.41) is 0. The first-order valence-electron chi connectivity index (χ1n) is 17.1. The van der Waals surface area contributed by atoms with Gasteiger partial charge in [0.15, 0.2) is 19.5 Å². The van der Waals surface area contributed by atoms with E-state index in [1.807, 2.05) is 0 Å². The van der Waals surface area contributed by atoms with Crippen molar-refractivity contribution in [3.8, 4) is 0 Å². The van der Waals surface area contributed by atoms with E-state index in [4.69, 9.17) is 4.74 Å². The third-order valence-electron chi connectivity index (χ3n) is 10.5. The monoisotopic (exact) mass is 774 g/mol. The Kier molecular flexibility index (Phi) is 28.4. The lowest BCUT2D eigenvalue weighted by atomic mass is 9.69. The number of hydrogen-bond acceptors (Lipinski definition) is 1. The number of alkyl halides is 3. The molecule has 1 nitrogen and oxygen atoms in total. The highest BCUT2D eigenvalue weighted by atomic mass is 127. The van der Waals surface area contributed by atoms with E-state index in [-0.39, 0.29) is 10.8 Å². The highest BCUT2D eigenvalue weighted by molar-refractivity contribution is 14.1. The first-order valence-corrected chi connectivity index (χ1v) is 18.6. The van der Waals surface area contributed by atoms with Crippen LogP contribution in [-0.4, -0.2) is 17.6 Å². The highest BCUT2D eigenvalue weighted by Crippen LogP contribution is 2.42. The molecule has 0 amide bonds. The van der Waals surface area contributed by atoms with Crippen LogP contribution in [0.2, 0.25) is 0 Å². The van der Waals surface area contributed by atoms with Crippen molar-refractivity contribution in [1.82, 2.24) is 0 Å². The minimum Gasteiger partial charge on any atom is -0.347 e. The van der Waals surface area contributed by atoms with Gasteiger partial charge in [-0.1, -0.05) is 72.1 Å². The zero-order valence-corrected chi connectivity index (χ0v) is 29.9. The average molecular weight is 775 g/mol. The molecular formula is C35H59F8IO. The van der Waals surface area contributed by atoms with Crippen LogP contribution in [-0.2, 0) is 4.74 Å². The fourth-order valence-electron chi connectivity index (χ4n) is 7.71. The number of ether oxygens (including phenoxy) is 1. The lowest BCUT2D eigenvalue weighted by Crippen LogP contribution is -2.28. The van der Waals surface area contributed by atoms with E-state index >= 15 is 0 Å². The molecular weight excluding hydrogens is 715 g/mol. The zero-order chi connectivity index (χ0) is 34.0. The van der Waals surface area contributed by atoms with Gasteiger partial charge in [0, 0.05) is 0 Å². The smallest absolute Gasteiger partial charge is 0.298 e. The SMILES string of the molecule is CCC1CCC(C2CCC(C)CC2)CC1.CCC1CCC(C2CCC(OCF)CC2)CC1.FC=C(F)F.FC=C(F)F.FCI. The summed E-state index contributed by atoms with van der Waals surface area (Å²) < 4.78 is 88.6. The first kappa shape index (κ1) is 44.6. The van der Waals surface area contributed by atoms with Crippen LogP contribution in [0.3, 0.4) is 0 Å². The Hall–Kier alpha value is -0.390. The molecule has 4 aliphatic carbocycles. The maximum absolute atomic E-state index is 12.1. The van der Waals surface area contributed by atoms with E-state index in [1.54, 1.807) is 48.3 Å². The minimum atomic E-state index is -2.29. The van der Waals surface area contributed by atoms with Crippen LogP contribution < -0.4 is 0 Å². The summed E-state index contributed by atoms with van der Waals surface area (Å²) in [6, 6.07) is 0. The van der Waals surface area contributed by atoms with E-state index in [2.05, 4.69) is 20.8 Å². The lowest BCUT2D eigenvalue weighted by Gasteiger charge is -2.37. The van der Waals surface area contributed by atoms with Crippen molar-refractivity contribution in [2.45, 2.75) is 142 Å². The molecule has 0 saturated heterocycles. The van der Waals surface area contributed by atoms with Crippen LogP contribution >= 0.6 is 22.6 Å². The molecule has 0 unspecified atom stereocenters. The van der Waals surface area contributed by atoms with Crippen LogP contribution in [0.4, 0.5) is 35.1 Å². The summed E-state index contributed by atoms with van der Waals surface area (Å²) in [7, 11) is 0. The second kappa shape index (κ2) is 28.6. The Labute approximate surface area is 281 Å². The molecule has 0 aromatic rings. The largest absolute Gasteiger partial charge is 0.347 e. The van der Waals surface area contributed by atoms with Crippen molar-refractivity contribution in [3.63, 3.8) is 0 Å². The maximum atomic E-state index is 12.1. The van der Waals surface area contributed by atoms with Gasteiger partial charge in [0.25, 0.3) is 12.2 Å². The number of rotatable bonds is 6. The van der Waals surface area contributed by atoms with Gasteiger partial charge in [0.1, 0.15) is 4.68 Å². The molecule has 0 aromatic carbocycles. The molecule has 4 saturated carbocycles. The number of hydrogen-bond donors (Lipinski definition) is 0. The van der Waals surface area contributed by atoms with Gasteiger partial charge in [-0.3, -0.25) is 0 Å². The topological polar surface area (TPSA) is 9.23 Å². The summed E-state index contributed by atoms with van der Waals surface area (Å²) in [6.07, 6.45) is 19.7. The molecule has 0 atom stereocenters. The molecule has 45 heavy (non-hydrogen) atoms. The van der Waals surface area contributed by atoms with Gasteiger partial charge in [0.05, 0.1) is 6.10 Å². The Balaban J connectivity index is 0.000000626. The summed E-state index contributed by atoms with van der Waals surface area (Å²) in [4.78, 5) is 0. The molecule has 268 valence electrons. The van der Waals surface area contributed by atoms with Crippen molar-refractivity contribution >= 4 is 22.6 Å². The molecule has 0 N–H and O–H groups in total. The fraction of sp³-hybridized carbons (Fsp3) is 0.886. The Morgan fingerprint density at radius 1 is 0.578 bits per heavy atom. The molecule has 0 bridgehead atoms. The van der Waals surface area contributed by atoms with Gasteiger partial charge < -0.3 is 4.74 Å². The molecule has 10 heteroatoms. The molecule has 0 aliphatic heterocycles. The van der Waals surface area contributed by atoms with Gasteiger partial charge in [-0.05, 0) is 128 Å². The third kappa shape index (κ3) is 22.0. The second-order valence-corrected chi connectivity index (χ2v) is 13.7. The van der Waals surface area contributed by atoms with Crippen molar-refractivity contribution in [1.29, 1.82) is 0 Å². The Morgan fingerprint density at radius 2 is 0.844 bits per heavy atom. The van der Waals surface area contributed by atoms with E-state index < -0.39 is 31.7 Å². The fourth-order valence-corrected chi connectivity index (χ4v) is 7.71. The van der Waals surface area contributed by atoms with Crippen molar-refractivity contribution in [2.24, 2.45) is 41.4 Å². The first-order chi connectivity index (χ1) is 21.6. The van der Waals surface area contributed by atoms with E-state index in [0.29, 0.717) is 0 Å². The second-order valence-electron chi connectivity index (χ2n) is 13.1. The molecule has 0 spiro atoms. The van der Waals surface area contributed by atoms with E-state index in [0.717, 1.165) is 54.3 Å². The normalized spacial score (nSPS) is 31.0. The van der Waals surface area contributed by atoms with Gasteiger partial charge in [-0.15, -0.1) is 0 Å². The van der Waals surface area contributed by atoms with Gasteiger partial charge in [-0.2, -0.15) is 17.6 Å². The van der Waals surface area contributed by atoms with E-state index in [1.165, 1.54) is 77.0 Å². The molecule has 4 aliphatic rings. The van der Waals surface area contributed by atoms with Crippen molar-refractivity contribution < 1.29 is 39.9 Å². The maximum Gasteiger partial charge on any atom is 0.298 e. The zero-order valence-electron chi connectivity index (χ0n) is 27.7.